The number of carbonyl (C=O) groups excluding carboxylic acids is 1. The molecule has 1 N–H and O–H groups in total. The Bertz CT molecular complexity index is 1150. The number of rotatable bonds is 5. The molecule has 2 unspecified atom stereocenters. The first-order valence-electron chi connectivity index (χ1n) is 10.5. The number of nitrogens with one attached hydrogen (secondary N) is 1. The highest BCUT2D eigenvalue weighted by Gasteiger charge is 2.47. The third-order valence-electron chi connectivity index (χ3n) is 6.05. The van der Waals surface area contributed by atoms with Crippen LogP contribution in [0.5, 0.6) is 0 Å². The van der Waals surface area contributed by atoms with E-state index in [4.69, 9.17) is 16.0 Å². The number of carbonyl (C=O) groups is 1. The number of aromatic nitrogens is 2. The molecule has 0 radical (unpaired) electrons. The minimum atomic E-state index is -4.35. The normalized spacial score (nSPS) is 19.1. The van der Waals surface area contributed by atoms with E-state index in [1.54, 1.807) is 27.0 Å². The second-order valence-corrected chi connectivity index (χ2v) is 10.1. The Morgan fingerprint density at radius 1 is 1.36 bits per heavy atom. The third kappa shape index (κ3) is 4.69. The fraction of sp³-hybridized carbons (Fsp3) is 0.455. The molecule has 0 bridgehead atoms. The summed E-state index contributed by atoms with van der Waals surface area (Å²) in [6.07, 6.45) is -2.98. The molecule has 1 aliphatic heterocycles. The van der Waals surface area contributed by atoms with Gasteiger partial charge in [0, 0.05) is 30.0 Å². The number of hydrogen-bond acceptors (Lipinski definition) is 6. The van der Waals surface area contributed by atoms with E-state index in [9.17, 15) is 18.0 Å². The molecule has 11 heteroatoms. The van der Waals surface area contributed by atoms with Crippen LogP contribution in [0.1, 0.15) is 44.6 Å². The van der Waals surface area contributed by atoms with E-state index in [1.807, 2.05) is 11.0 Å². The number of piperidine rings is 1. The van der Waals surface area contributed by atoms with Gasteiger partial charge < -0.3 is 14.6 Å². The van der Waals surface area contributed by atoms with Gasteiger partial charge in [-0.25, -0.2) is 0 Å². The Morgan fingerprint density at radius 2 is 2.12 bits per heavy atom. The Balaban J connectivity index is 1.80. The maximum absolute atomic E-state index is 13.8. The van der Waals surface area contributed by atoms with Gasteiger partial charge in [0.15, 0.2) is 0 Å². The lowest BCUT2D eigenvalue weighted by molar-refractivity contribution is -0.185. The summed E-state index contributed by atoms with van der Waals surface area (Å²) < 4.78 is 48.6. The molecule has 3 aromatic heterocycles. The van der Waals surface area contributed by atoms with Gasteiger partial charge in [-0.1, -0.05) is 11.6 Å². The van der Waals surface area contributed by atoms with Crippen LogP contribution in [0, 0.1) is 19.8 Å². The third-order valence-corrected chi connectivity index (χ3v) is 7.26. The van der Waals surface area contributed by atoms with Gasteiger partial charge in [-0.2, -0.15) is 23.0 Å². The van der Waals surface area contributed by atoms with Crippen molar-refractivity contribution in [2.45, 2.75) is 38.9 Å². The average molecular weight is 501 g/mol. The molecule has 1 fully saturated rings. The fourth-order valence-electron chi connectivity index (χ4n) is 4.45. The zero-order chi connectivity index (χ0) is 23.9. The minimum absolute atomic E-state index is 0.0336. The number of thiophene rings is 1. The minimum Gasteiger partial charge on any atom is -0.469 e. The highest BCUT2D eigenvalue weighted by molar-refractivity contribution is 7.16. The van der Waals surface area contributed by atoms with Gasteiger partial charge in [0.25, 0.3) is 5.91 Å². The molecule has 0 spiro atoms. The van der Waals surface area contributed by atoms with E-state index in [0.717, 1.165) is 4.88 Å². The van der Waals surface area contributed by atoms with Crippen LogP contribution in [-0.2, 0) is 6.54 Å². The van der Waals surface area contributed by atoms with Gasteiger partial charge >= 0.3 is 6.18 Å². The highest BCUT2D eigenvalue weighted by atomic mass is 35.5. The summed E-state index contributed by atoms with van der Waals surface area (Å²) in [5, 5.41) is 7.54. The summed E-state index contributed by atoms with van der Waals surface area (Å²) in [6, 6.07) is 5.21. The molecular formula is C22H24ClF3N4O2S. The van der Waals surface area contributed by atoms with E-state index < -0.39 is 23.9 Å². The molecule has 178 valence electrons. The van der Waals surface area contributed by atoms with E-state index in [2.05, 4.69) is 10.4 Å². The number of aryl methyl sites for hydroxylation is 1. The maximum atomic E-state index is 13.8. The highest BCUT2D eigenvalue weighted by Crippen LogP contribution is 2.43. The van der Waals surface area contributed by atoms with Crippen molar-refractivity contribution < 1.29 is 22.4 Å². The average Bonchev–Trinajstić information content (AvgIpc) is 3.45. The van der Waals surface area contributed by atoms with Crippen molar-refractivity contribution in [2.75, 3.05) is 25.0 Å². The van der Waals surface area contributed by atoms with E-state index >= 15 is 0 Å². The second-order valence-electron chi connectivity index (χ2n) is 8.25. The van der Waals surface area contributed by atoms with Gasteiger partial charge in [-0.15, -0.1) is 11.3 Å². The molecule has 1 aliphatic rings. The standard InChI is InChI=1S/C22H24ClF3N4O2S/c1-12-19(16-10-27-8-6-17(16)22(24,25)26)28-30(21(31)15-7-9-32-13(15)2)20(12)29(3)11-14-4-5-18(23)33-14/h4-5,7,9,16-17,27H,6,8,10-11H2,1-3H3. The predicted molar refractivity (Wildman–Crippen MR) is 121 cm³/mol. The lowest BCUT2D eigenvalue weighted by atomic mass is 9.82. The quantitative estimate of drug-likeness (QED) is 0.509. The molecule has 3 aromatic rings. The number of hydrogen-bond donors (Lipinski definition) is 1. The van der Waals surface area contributed by atoms with Crippen LogP contribution in [0.2, 0.25) is 4.34 Å². The topological polar surface area (TPSA) is 63.3 Å². The van der Waals surface area contributed by atoms with Gasteiger partial charge in [-0.05, 0) is 45.0 Å². The zero-order valence-electron chi connectivity index (χ0n) is 18.4. The van der Waals surface area contributed by atoms with Gasteiger partial charge in [0.2, 0.25) is 0 Å². The maximum Gasteiger partial charge on any atom is 0.392 e. The van der Waals surface area contributed by atoms with E-state index in [0.29, 0.717) is 40.1 Å². The van der Waals surface area contributed by atoms with Crippen molar-refractivity contribution in [2.24, 2.45) is 5.92 Å². The van der Waals surface area contributed by atoms with E-state index in [-0.39, 0.29) is 18.7 Å². The first-order valence-corrected chi connectivity index (χ1v) is 11.7. The molecule has 2 atom stereocenters. The smallest absolute Gasteiger partial charge is 0.392 e. The SMILES string of the molecule is Cc1occc1C(=O)n1nc(C2CNCCC2C(F)(F)F)c(C)c1N(C)Cc1ccc(Cl)s1. The van der Waals surface area contributed by atoms with Crippen molar-refractivity contribution >= 4 is 34.7 Å². The van der Waals surface area contributed by atoms with Crippen molar-refractivity contribution in [3.63, 3.8) is 0 Å². The first kappa shape index (κ1) is 23.8. The lowest BCUT2D eigenvalue weighted by Gasteiger charge is -2.33. The Morgan fingerprint density at radius 3 is 2.73 bits per heavy atom. The molecule has 4 rings (SSSR count). The van der Waals surface area contributed by atoms with Crippen LogP contribution in [0.15, 0.2) is 28.9 Å². The molecule has 0 saturated carbocycles. The van der Waals surface area contributed by atoms with Crippen molar-refractivity contribution in [3.8, 4) is 0 Å². The molecule has 0 aliphatic carbocycles. The largest absolute Gasteiger partial charge is 0.469 e. The van der Waals surface area contributed by atoms with Crippen molar-refractivity contribution in [1.29, 1.82) is 0 Å². The summed E-state index contributed by atoms with van der Waals surface area (Å²) >= 11 is 7.46. The Labute approximate surface area is 198 Å². The lowest BCUT2D eigenvalue weighted by Crippen LogP contribution is -2.42. The molecule has 4 heterocycles. The molecule has 33 heavy (non-hydrogen) atoms. The molecule has 1 saturated heterocycles. The van der Waals surface area contributed by atoms with Crippen molar-refractivity contribution in [1.82, 2.24) is 15.1 Å². The van der Waals surface area contributed by atoms with Crippen LogP contribution in [0.3, 0.4) is 0 Å². The fourth-order valence-corrected chi connectivity index (χ4v) is 5.59. The zero-order valence-corrected chi connectivity index (χ0v) is 19.9. The second kappa shape index (κ2) is 9.15. The number of nitrogens with zero attached hydrogens (tertiary/aromatic N) is 3. The predicted octanol–water partition coefficient (Wildman–Crippen LogP) is 5.39. The summed E-state index contributed by atoms with van der Waals surface area (Å²) in [6.45, 7) is 4.24. The number of halogens is 4. The van der Waals surface area contributed by atoms with Crippen LogP contribution in [0.4, 0.5) is 19.0 Å². The van der Waals surface area contributed by atoms with Crippen molar-refractivity contribution in [3.05, 3.63) is 56.3 Å². The Hall–Kier alpha value is -2.30. The van der Waals surface area contributed by atoms with Crippen LogP contribution in [0.25, 0.3) is 0 Å². The summed E-state index contributed by atoms with van der Waals surface area (Å²) in [4.78, 5) is 16.2. The molecular weight excluding hydrogens is 477 g/mol. The molecule has 0 amide bonds. The number of furan rings is 1. The van der Waals surface area contributed by atoms with Crippen LogP contribution >= 0.6 is 22.9 Å². The van der Waals surface area contributed by atoms with Gasteiger partial charge in [0.05, 0.1) is 34.3 Å². The van der Waals surface area contributed by atoms with Crippen LogP contribution in [-0.4, -0.2) is 42.0 Å². The van der Waals surface area contributed by atoms with Gasteiger partial charge in [-0.3, -0.25) is 4.79 Å². The molecule has 0 aromatic carbocycles. The van der Waals surface area contributed by atoms with Gasteiger partial charge in [0.1, 0.15) is 11.6 Å². The molecule has 6 nitrogen and oxygen atoms in total. The summed E-state index contributed by atoms with van der Waals surface area (Å²) in [5.74, 6) is -2.00. The number of anilines is 1. The number of alkyl halides is 3. The summed E-state index contributed by atoms with van der Waals surface area (Å²) in [5.41, 5.74) is 1.15. The van der Waals surface area contributed by atoms with Crippen LogP contribution < -0.4 is 10.2 Å². The van der Waals surface area contributed by atoms with E-state index in [1.165, 1.54) is 28.3 Å². The Kier molecular flexibility index (Phi) is 6.61. The summed E-state index contributed by atoms with van der Waals surface area (Å²) in [7, 11) is 1.79. The monoisotopic (exact) mass is 500 g/mol. The first-order chi connectivity index (χ1) is 15.6.